The molecule has 0 saturated carbocycles. The standard InChI is InChI=1S/C17H19NO3/c1-12(17(19)20)13(2)18-14-8-10-16(11-9-14)21-15-6-4-3-5-7-15/h3-13,18H,1-2H3,(H,19,20). The molecule has 2 rings (SSSR count). The molecule has 0 aromatic heterocycles. The van der Waals surface area contributed by atoms with E-state index in [1.165, 1.54) is 0 Å². The second-order valence-electron chi connectivity index (χ2n) is 5.00. The predicted molar refractivity (Wildman–Crippen MR) is 82.8 cm³/mol. The molecule has 2 unspecified atom stereocenters. The number of hydrogen-bond donors (Lipinski definition) is 2. The van der Waals surface area contributed by atoms with Crippen LogP contribution in [0.3, 0.4) is 0 Å². The first kappa shape index (κ1) is 14.9. The van der Waals surface area contributed by atoms with Gasteiger partial charge in [-0.2, -0.15) is 0 Å². The molecule has 2 aromatic carbocycles. The smallest absolute Gasteiger partial charge is 0.308 e. The summed E-state index contributed by atoms with van der Waals surface area (Å²) in [6, 6.07) is 16.9. The summed E-state index contributed by atoms with van der Waals surface area (Å²) in [5.74, 6) is 0.265. The fourth-order valence-electron chi connectivity index (χ4n) is 1.85. The molecule has 4 heteroatoms. The third kappa shape index (κ3) is 4.24. The van der Waals surface area contributed by atoms with Gasteiger partial charge in [0.05, 0.1) is 5.92 Å². The largest absolute Gasteiger partial charge is 0.481 e. The minimum absolute atomic E-state index is 0.150. The number of rotatable bonds is 6. The first-order valence-electron chi connectivity index (χ1n) is 6.88. The molecule has 2 atom stereocenters. The summed E-state index contributed by atoms with van der Waals surface area (Å²) in [5, 5.41) is 12.2. The number of hydrogen-bond acceptors (Lipinski definition) is 3. The number of carboxylic acids is 1. The van der Waals surface area contributed by atoms with Crippen LogP contribution in [0.15, 0.2) is 54.6 Å². The molecule has 0 spiro atoms. The monoisotopic (exact) mass is 285 g/mol. The number of ether oxygens (including phenoxy) is 1. The molecule has 2 aromatic rings. The van der Waals surface area contributed by atoms with Crippen LogP contribution in [0, 0.1) is 5.92 Å². The Labute approximate surface area is 124 Å². The lowest BCUT2D eigenvalue weighted by Crippen LogP contribution is -2.29. The number of anilines is 1. The highest BCUT2D eigenvalue weighted by Gasteiger charge is 2.18. The van der Waals surface area contributed by atoms with Gasteiger partial charge in [-0.05, 0) is 50.2 Å². The van der Waals surface area contributed by atoms with Crippen molar-refractivity contribution in [2.24, 2.45) is 5.92 Å². The minimum atomic E-state index is -0.806. The van der Waals surface area contributed by atoms with E-state index in [1.54, 1.807) is 6.92 Å². The average Bonchev–Trinajstić information content (AvgIpc) is 2.49. The average molecular weight is 285 g/mol. The molecule has 0 bridgehead atoms. The molecule has 110 valence electrons. The van der Waals surface area contributed by atoms with Crippen LogP contribution in [0.1, 0.15) is 13.8 Å². The minimum Gasteiger partial charge on any atom is -0.481 e. The van der Waals surface area contributed by atoms with E-state index in [4.69, 9.17) is 9.84 Å². The van der Waals surface area contributed by atoms with E-state index >= 15 is 0 Å². The van der Waals surface area contributed by atoms with Gasteiger partial charge in [0.1, 0.15) is 11.5 Å². The highest BCUT2D eigenvalue weighted by atomic mass is 16.5. The Morgan fingerprint density at radius 3 is 2.14 bits per heavy atom. The predicted octanol–water partition coefficient (Wildman–Crippen LogP) is 4.00. The second kappa shape index (κ2) is 6.79. The Hall–Kier alpha value is -2.49. The molecule has 21 heavy (non-hydrogen) atoms. The molecule has 0 aliphatic heterocycles. The molecule has 2 N–H and O–H groups in total. The number of carboxylic acid groups (broad SMARTS) is 1. The summed E-state index contributed by atoms with van der Waals surface area (Å²) in [4.78, 5) is 10.9. The van der Waals surface area contributed by atoms with Gasteiger partial charge in [0.25, 0.3) is 0 Å². The van der Waals surface area contributed by atoms with Gasteiger partial charge in [0, 0.05) is 11.7 Å². The highest BCUT2D eigenvalue weighted by Crippen LogP contribution is 2.23. The Balaban J connectivity index is 1.97. The third-order valence-electron chi connectivity index (χ3n) is 3.37. The van der Waals surface area contributed by atoms with Crippen molar-refractivity contribution < 1.29 is 14.6 Å². The van der Waals surface area contributed by atoms with Gasteiger partial charge >= 0.3 is 5.97 Å². The summed E-state index contributed by atoms with van der Waals surface area (Å²) >= 11 is 0. The van der Waals surface area contributed by atoms with Gasteiger partial charge in [-0.1, -0.05) is 18.2 Å². The maximum atomic E-state index is 10.9. The molecular formula is C17H19NO3. The Morgan fingerprint density at radius 2 is 1.57 bits per heavy atom. The van der Waals surface area contributed by atoms with Crippen LogP contribution < -0.4 is 10.1 Å². The van der Waals surface area contributed by atoms with E-state index in [9.17, 15) is 4.79 Å². The van der Waals surface area contributed by atoms with E-state index in [2.05, 4.69) is 5.32 Å². The van der Waals surface area contributed by atoms with Crippen LogP contribution in [-0.4, -0.2) is 17.1 Å². The van der Waals surface area contributed by atoms with Crippen molar-refractivity contribution in [1.82, 2.24) is 0 Å². The molecule has 0 aliphatic rings. The van der Waals surface area contributed by atoms with Gasteiger partial charge < -0.3 is 15.2 Å². The molecule has 0 heterocycles. The van der Waals surface area contributed by atoms with Gasteiger partial charge in [-0.3, -0.25) is 4.79 Å². The van der Waals surface area contributed by atoms with Crippen LogP contribution in [0.5, 0.6) is 11.5 Å². The number of para-hydroxylation sites is 1. The van der Waals surface area contributed by atoms with Gasteiger partial charge in [0.2, 0.25) is 0 Å². The van der Waals surface area contributed by atoms with E-state index in [0.717, 1.165) is 17.2 Å². The van der Waals surface area contributed by atoms with Crippen molar-refractivity contribution in [3.63, 3.8) is 0 Å². The van der Waals surface area contributed by atoms with Crippen LogP contribution in [0.2, 0.25) is 0 Å². The summed E-state index contributed by atoms with van der Waals surface area (Å²) < 4.78 is 5.70. The van der Waals surface area contributed by atoms with Gasteiger partial charge in [-0.25, -0.2) is 0 Å². The lowest BCUT2D eigenvalue weighted by molar-refractivity contribution is -0.141. The number of benzene rings is 2. The zero-order chi connectivity index (χ0) is 15.2. The Bertz CT molecular complexity index is 581. The first-order chi connectivity index (χ1) is 10.1. The Morgan fingerprint density at radius 1 is 1.00 bits per heavy atom. The highest BCUT2D eigenvalue weighted by molar-refractivity contribution is 5.71. The molecule has 0 fully saturated rings. The first-order valence-corrected chi connectivity index (χ1v) is 6.88. The van der Waals surface area contributed by atoms with E-state index in [1.807, 2.05) is 61.5 Å². The SMILES string of the molecule is CC(Nc1ccc(Oc2ccccc2)cc1)C(C)C(=O)O. The van der Waals surface area contributed by atoms with Gasteiger partial charge in [-0.15, -0.1) is 0 Å². The summed E-state index contributed by atoms with van der Waals surface area (Å²) in [6.45, 7) is 3.54. The Kier molecular flexibility index (Phi) is 4.82. The maximum absolute atomic E-state index is 10.9. The summed E-state index contributed by atoms with van der Waals surface area (Å²) in [7, 11) is 0. The van der Waals surface area contributed by atoms with Crippen LogP contribution in [0.25, 0.3) is 0 Å². The second-order valence-corrected chi connectivity index (χ2v) is 5.00. The molecule has 0 aliphatic carbocycles. The van der Waals surface area contributed by atoms with Gasteiger partial charge in [0.15, 0.2) is 0 Å². The van der Waals surface area contributed by atoms with Crippen molar-refractivity contribution in [3.05, 3.63) is 54.6 Å². The fraction of sp³-hybridized carbons (Fsp3) is 0.235. The van der Waals surface area contributed by atoms with Crippen LogP contribution in [0.4, 0.5) is 5.69 Å². The number of nitrogens with one attached hydrogen (secondary N) is 1. The van der Waals surface area contributed by atoms with E-state index in [0.29, 0.717) is 0 Å². The molecule has 0 saturated heterocycles. The zero-order valence-corrected chi connectivity index (χ0v) is 12.1. The van der Waals surface area contributed by atoms with E-state index < -0.39 is 11.9 Å². The number of aliphatic carboxylic acids is 1. The topological polar surface area (TPSA) is 58.6 Å². The zero-order valence-electron chi connectivity index (χ0n) is 12.1. The van der Waals surface area contributed by atoms with Crippen molar-refractivity contribution in [3.8, 4) is 11.5 Å². The van der Waals surface area contributed by atoms with Crippen molar-refractivity contribution >= 4 is 11.7 Å². The van der Waals surface area contributed by atoms with Crippen LogP contribution >= 0.6 is 0 Å². The lowest BCUT2D eigenvalue weighted by Gasteiger charge is -2.19. The summed E-state index contributed by atoms with van der Waals surface area (Å²) in [6.07, 6.45) is 0. The van der Waals surface area contributed by atoms with Crippen LogP contribution in [-0.2, 0) is 4.79 Å². The normalized spacial score (nSPS) is 13.2. The number of carbonyl (C=O) groups is 1. The quantitative estimate of drug-likeness (QED) is 0.842. The summed E-state index contributed by atoms with van der Waals surface area (Å²) in [5.41, 5.74) is 0.871. The lowest BCUT2D eigenvalue weighted by atomic mass is 10.0. The van der Waals surface area contributed by atoms with Crippen molar-refractivity contribution in [2.75, 3.05) is 5.32 Å². The molecule has 0 radical (unpaired) electrons. The fourth-order valence-corrected chi connectivity index (χ4v) is 1.85. The maximum Gasteiger partial charge on any atom is 0.308 e. The van der Waals surface area contributed by atoms with Crippen molar-refractivity contribution in [2.45, 2.75) is 19.9 Å². The molecule has 4 nitrogen and oxygen atoms in total. The van der Waals surface area contributed by atoms with E-state index in [-0.39, 0.29) is 6.04 Å². The molecule has 0 amide bonds. The molecular weight excluding hydrogens is 266 g/mol. The van der Waals surface area contributed by atoms with Crippen molar-refractivity contribution in [1.29, 1.82) is 0 Å². The third-order valence-corrected chi connectivity index (χ3v) is 3.37.